The molecule has 1 aromatic heterocycles. The normalized spacial score (nSPS) is 11.3. The van der Waals surface area contributed by atoms with Crippen molar-refractivity contribution in [2.75, 3.05) is 27.2 Å². The van der Waals surface area contributed by atoms with Crippen molar-refractivity contribution in [2.24, 2.45) is 0 Å². The second-order valence-corrected chi connectivity index (χ2v) is 4.98. The van der Waals surface area contributed by atoms with Gasteiger partial charge >= 0.3 is 0 Å². The van der Waals surface area contributed by atoms with Crippen LogP contribution in [0.4, 0.5) is 0 Å². The molecule has 0 saturated carbocycles. The van der Waals surface area contributed by atoms with Gasteiger partial charge in [-0.1, -0.05) is 6.07 Å². The van der Waals surface area contributed by atoms with Crippen molar-refractivity contribution in [3.8, 4) is 0 Å². The standard InChI is InChI=1S/C12H19N3O2S.ClH/c1-9(12(17)15(3)7-6-13-2)14-11(16)10-5-4-8-18-10;/h4-5,8-9,13H,6-7H2,1-3H3,(H,14,16);1H. The molecule has 7 heteroatoms. The molecule has 5 nitrogen and oxygen atoms in total. The Bertz CT molecular complexity index is 398. The van der Waals surface area contributed by atoms with Gasteiger partial charge in [-0.3, -0.25) is 9.59 Å². The summed E-state index contributed by atoms with van der Waals surface area (Å²) < 4.78 is 0. The van der Waals surface area contributed by atoms with Crippen LogP contribution in [0, 0.1) is 0 Å². The van der Waals surface area contributed by atoms with Gasteiger partial charge in [-0.25, -0.2) is 0 Å². The van der Waals surface area contributed by atoms with Crippen molar-refractivity contribution in [3.63, 3.8) is 0 Å². The van der Waals surface area contributed by atoms with Crippen molar-refractivity contribution < 1.29 is 9.59 Å². The number of thiophene rings is 1. The third-order valence-electron chi connectivity index (χ3n) is 2.54. The Balaban J connectivity index is 0.00000324. The average Bonchev–Trinajstić information content (AvgIpc) is 2.88. The number of hydrogen-bond acceptors (Lipinski definition) is 4. The van der Waals surface area contributed by atoms with Gasteiger partial charge in [-0.15, -0.1) is 23.7 Å². The highest BCUT2D eigenvalue weighted by atomic mass is 35.5. The topological polar surface area (TPSA) is 61.4 Å². The minimum Gasteiger partial charge on any atom is -0.343 e. The quantitative estimate of drug-likeness (QED) is 0.823. The van der Waals surface area contributed by atoms with Crippen LogP contribution < -0.4 is 10.6 Å². The molecule has 1 atom stereocenters. The van der Waals surface area contributed by atoms with Crippen LogP contribution in [-0.2, 0) is 4.79 Å². The fourth-order valence-electron chi connectivity index (χ4n) is 1.46. The molecule has 2 N–H and O–H groups in total. The lowest BCUT2D eigenvalue weighted by atomic mass is 10.2. The van der Waals surface area contributed by atoms with Crippen molar-refractivity contribution in [1.82, 2.24) is 15.5 Å². The molecule has 0 saturated heterocycles. The zero-order valence-electron chi connectivity index (χ0n) is 11.3. The summed E-state index contributed by atoms with van der Waals surface area (Å²) in [7, 11) is 3.56. The van der Waals surface area contributed by atoms with E-state index in [-0.39, 0.29) is 24.2 Å². The molecule has 19 heavy (non-hydrogen) atoms. The number of halogens is 1. The maximum absolute atomic E-state index is 11.9. The van der Waals surface area contributed by atoms with E-state index in [4.69, 9.17) is 0 Å². The van der Waals surface area contributed by atoms with Gasteiger partial charge in [-0.2, -0.15) is 0 Å². The molecule has 0 spiro atoms. The second kappa shape index (κ2) is 8.90. The molecule has 108 valence electrons. The number of nitrogens with zero attached hydrogens (tertiary/aromatic N) is 1. The number of hydrogen-bond donors (Lipinski definition) is 2. The first kappa shape index (κ1) is 17.9. The predicted molar refractivity (Wildman–Crippen MR) is 80.1 cm³/mol. The van der Waals surface area contributed by atoms with Crippen LogP contribution in [0.15, 0.2) is 17.5 Å². The molecule has 0 aliphatic rings. The summed E-state index contributed by atoms with van der Waals surface area (Å²) in [5, 5.41) is 7.51. The molecule has 0 bridgehead atoms. The van der Waals surface area contributed by atoms with E-state index in [1.807, 2.05) is 18.5 Å². The van der Waals surface area contributed by atoms with Gasteiger partial charge in [0.1, 0.15) is 6.04 Å². The van der Waals surface area contributed by atoms with E-state index in [9.17, 15) is 9.59 Å². The van der Waals surface area contributed by atoms with Crippen molar-refractivity contribution in [2.45, 2.75) is 13.0 Å². The number of carbonyl (C=O) groups excluding carboxylic acids is 2. The van der Waals surface area contributed by atoms with E-state index in [0.29, 0.717) is 11.4 Å². The number of likely N-dealkylation sites (N-methyl/N-ethyl adjacent to an activating group) is 2. The Kier molecular flexibility index (Phi) is 8.38. The summed E-state index contributed by atoms with van der Waals surface area (Å²) in [4.78, 5) is 25.9. The van der Waals surface area contributed by atoms with Crippen LogP contribution in [0.3, 0.4) is 0 Å². The lowest BCUT2D eigenvalue weighted by molar-refractivity contribution is -0.131. The molecule has 0 radical (unpaired) electrons. The Morgan fingerprint density at radius 3 is 2.68 bits per heavy atom. The Morgan fingerprint density at radius 2 is 2.16 bits per heavy atom. The number of nitrogens with one attached hydrogen (secondary N) is 2. The van der Waals surface area contributed by atoms with Crippen molar-refractivity contribution in [1.29, 1.82) is 0 Å². The summed E-state index contributed by atoms with van der Waals surface area (Å²) in [6.07, 6.45) is 0. The summed E-state index contributed by atoms with van der Waals surface area (Å²) in [5.74, 6) is -0.289. The van der Waals surface area contributed by atoms with Crippen molar-refractivity contribution in [3.05, 3.63) is 22.4 Å². The fraction of sp³-hybridized carbons (Fsp3) is 0.500. The molecule has 1 rings (SSSR count). The third kappa shape index (κ3) is 5.59. The molecule has 0 aliphatic heterocycles. The lowest BCUT2D eigenvalue weighted by Gasteiger charge is -2.21. The Labute approximate surface area is 123 Å². The van der Waals surface area contributed by atoms with Crippen LogP contribution in [0.25, 0.3) is 0 Å². The SMILES string of the molecule is CNCCN(C)C(=O)C(C)NC(=O)c1cccs1.Cl. The summed E-state index contributed by atoms with van der Waals surface area (Å²) in [6.45, 7) is 3.05. The Morgan fingerprint density at radius 1 is 1.47 bits per heavy atom. The highest BCUT2D eigenvalue weighted by Crippen LogP contribution is 2.08. The highest BCUT2D eigenvalue weighted by molar-refractivity contribution is 7.12. The molecule has 2 amide bonds. The van der Waals surface area contributed by atoms with Crippen LogP contribution in [-0.4, -0.2) is 49.9 Å². The summed E-state index contributed by atoms with van der Waals surface area (Å²) >= 11 is 1.36. The van der Waals surface area contributed by atoms with E-state index in [2.05, 4.69) is 10.6 Å². The molecular formula is C12H20ClN3O2S. The zero-order valence-corrected chi connectivity index (χ0v) is 12.9. The maximum atomic E-state index is 11.9. The van der Waals surface area contributed by atoms with Gasteiger partial charge in [0.25, 0.3) is 5.91 Å². The molecule has 0 aromatic carbocycles. The lowest BCUT2D eigenvalue weighted by Crippen LogP contribution is -2.46. The van der Waals surface area contributed by atoms with Crippen LogP contribution in [0.5, 0.6) is 0 Å². The summed E-state index contributed by atoms with van der Waals surface area (Å²) in [6, 6.07) is 3.04. The minimum atomic E-state index is -0.513. The van der Waals surface area contributed by atoms with Gasteiger partial charge < -0.3 is 15.5 Å². The molecule has 1 aromatic rings. The first-order chi connectivity index (χ1) is 8.56. The van der Waals surface area contributed by atoms with Crippen molar-refractivity contribution >= 4 is 35.6 Å². The fourth-order valence-corrected chi connectivity index (χ4v) is 2.08. The molecule has 0 aliphatic carbocycles. The number of carbonyl (C=O) groups is 2. The molecule has 0 fully saturated rings. The van der Waals surface area contributed by atoms with Crippen LogP contribution in [0.2, 0.25) is 0 Å². The van der Waals surface area contributed by atoms with Crippen LogP contribution >= 0.6 is 23.7 Å². The van der Waals surface area contributed by atoms with E-state index in [1.165, 1.54) is 11.3 Å². The zero-order chi connectivity index (χ0) is 13.5. The highest BCUT2D eigenvalue weighted by Gasteiger charge is 2.19. The van der Waals surface area contributed by atoms with E-state index in [1.54, 1.807) is 24.9 Å². The predicted octanol–water partition coefficient (Wildman–Crippen LogP) is 0.966. The Hall–Kier alpha value is -1.11. The number of rotatable bonds is 6. The maximum Gasteiger partial charge on any atom is 0.261 e. The first-order valence-corrected chi connectivity index (χ1v) is 6.68. The summed E-state index contributed by atoms with van der Waals surface area (Å²) in [5.41, 5.74) is 0. The van der Waals surface area contributed by atoms with Gasteiger partial charge in [0, 0.05) is 20.1 Å². The van der Waals surface area contributed by atoms with Crippen LogP contribution in [0.1, 0.15) is 16.6 Å². The average molecular weight is 306 g/mol. The molecule has 1 heterocycles. The largest absolute Gasteiger partial charge is 0.343 e. The second-order valence-electron chi connectivity index (χ2n) is 4.04. The number of amides is 2. The monoisotopic (exact) mass is 305 g/mol. The smallest absolute Gasteiger partial charge is 0.261 e. The van der Waals surface area contributed by atoms with E-state index in [0.717, 1.165) is 6.54 Å². The van der Waals surface area contributed by atoms with E-state index >= 15 is 0 Å². The van der Waals surface area contributed by atoms with Gasteiger partial charge in [-0.05, 0) is 25.4 Å². The minimum absolute atomic E-state index is 0. The van der Waals surface area contributed by atoms with Gasteiger partial charge in [0.15, 0.2) is 0 Å². The molecule has 1 unspecified atom stereocenters. The molecular weight excluding hydrogens is 286 g/mol. The van der Waals surface area contributed by atoms with Gasteiger partial charge in [0.05, 0.1) is 4.88 Å². The van der Waals surface area contributed by atoms with Gasteiger partial charge in [0.2, 0.25) is 5.91 Å². The third-order valence-corrected chi connectivity index (χ3v) is 3.41. The van der Waals surface area contributed by atoms with E-state index < -0.39 is 6.04 Å². The first-order valence-electron chi connectivity index (χ1n) is 5.80.